The minimum Gasteiger partial charge on any atom is -0.292 e. The van der Waals surface area contributed by atoms with E-state index in [0.717, 1.165) is 4.47 Å². The summed E-state index contributed by atoms with van der Waals surface area (Å²) < 4.78 is 42.0. The van der Waals surface area contributed by atoms with Crippen molar-refractivity contribution in [3.63, 3.8) is 0 Å². The molecule has 0 bridgehead atoms. The highest BCUT2D eigenvalue weighted by Crippen LogP contribution is 2.20. The number of halogens is 3. The van der Waals surface area contributed by atoms with Crippen LogP contribution in [0.3, 0.4) is 0 Å². The van der Waals surface area contributed by atoms with Crippen LogP contribution in [0.4, 0.5) is 4.39 Å². The fraction of sp³-hybridized carbons (Fsp3) is 0.263. The van der Waals surface area contributed by atoms with E-state index in [2.05, 4.69) is 42.4 Å². The zero-order chi connectivity index (χ0) is 21.7. The second kappa shape index (κ2) is 10.1. The molecule has 0 spiro atoms. The van der Waals surface area contributed by atoms with E-state index >= 15 is 0 Å². The number of hydrogen-bond donors (Lipinski definition) is 1. The van der Waals surface area contributed by atoms with Gasteiger partial charge in [-0.15, -0.1) is 0 Å². The lowest BCUT2D eigenvalue weighted by Crippen LogP contribution is -2.50. The molecule has 3 rings (SSSR count). The first-order valence-corrected chi connectivity index (χ1v) is 12.0. The Bertz CT molecular complexity index is 1040. The van der Waals surface area contributed by atoms with Gasteiger partial charge in [0, 0.05) is 40.7 Å². The molecular formula is C19H19Br2FN4O3S. The molecule has 0 aliphatic carbocycles. The van der Waals surface area contributed by atoms with E-state index in [1.807, 2.05) is 4.90 Å². The van der Waals surface area contributed by atoms with Crippen molar-refractivity contribution in [2.45, 2.75) is 4.90 Å². The van der Waals surface area contributed by atoms with Gasteiger partial charge in [0.2, 0.25) is 10.0 Å². The molecule has 0 unspecified atom stereocenters. The molecular weight excluding hydrogens is 543 g/mol. The molecule has 0 saturated carbocycles. The van der Waals surface area contributed by atoms with Crippen LogP contribution >= 0.6 is 31.9 Å². The van der Waals surface area contributed by atoms with E-state index in [0.29, 0.717) is 17.6 Å². The zero-order valence-electron chi connectivity index (χ0n) is 15.8. The van der Waals surface area contributed by atoms with Crippen molar-refractivity contribution in [3.05, 3.63) is 62.8 Å². The molecule has 1 fully saturated rings. The Morgan fingerprint density at radius 3 is 2.37 bits per heavy atom. The third-order valence-electron chi connectivity index (χ3n) is 4.50. The van der Waals surface area contributed by atoms with Gasteiger partial charge in [0.1, 0.15) is 5.82 Å². The van der Waals surface area contributed by atoms with E-state index < -0.39 is 15.8 Å². The molecule has 160 valence electrons. The van der Waals surface area contributed by atoms with Gasteiger partial charge in [0.25, 0.3) is 5.91 Å². The maximum Gasteiger partial charge on any atom is 0.254 e. The number of carbonyl (C=O) groups is 1. The van der Waals surface area contributed by atoms with Crippen molar-refractivity contribution in [3.8, 4) is 0 Å². The van der Waals surface area contributed by atoms with E-state index in [4.69, 9.17) is 0 Å². The largest absolute Gasteiger partial charge is 0.292 e. The van der Waals surface area contributed by atoms with Crippen molar-refractivity contribution < 1.29 is 17.6 Å². The average molecular weight is 562 g/mol. The Labute approximate surface area is 191 Å². The monoisotopic (exact) mass is 560 g/mol. The predicted molar refractivity (Wildman–Crippen MR) is 119 cm³/mol. The highest BCUT2D eigenvalue weighted by molar-refractivity contribution is 9.10. The van der Waals surface area contributed by atoms with E-state index in [9.17, 15) is 17.6 Å². The number of benzene rings is 2. The van der Waals surface area contributed by atoms with Crippen LogP contribution in [0.25, 0.3) is 0 Å². The molecule has 1 N–H and O–H groups in total. The summed E-state index contributed by atoms with van der Waals surface area (Å²) in [6.45, 7) is 1.50. The second-order valence-electron chi connectivity index (χ2n) is 6.59. The Morgan fingerprint density at radius 2 is 1.70 bits per heavy atom. The van der Waals surface area contributed by atoms with Gasteiger partial charge in [-0.05, 0) is 42.5 Å². The highest BCUT2D eigenvalue weighted by Gasteiger charge is 2.28. The number of nitrogens with zero attached hydrogens (tertiary/aromatic N) is 3. The number of rotatable bonds is 6. The van der Waals surface area contributed by atoms with Crippen molar-refractivity contribution in [1.82, 2.24) is 14.6 Å². The predicted octanol–water partition coefficient (Wildman–Crippen LogP) is 2.81. The minimum atomic E-state index is -3.56. The van der Waals surface area contributed by atoms with Gasteiger partial charge in [0.15, 0.2) is 0 Å². The van der Waals surface area contributed by atoms with Gasteiger partial charge < -0.3 is 0 Å². The number of hydrogen-bond acceptors (Lipinski definition) is 5. The Hall–Kier alpha value is -1.66. The standard InChI is InChI=1S/C19H19Br2FN4O3S/c20-15-1-4-17(5-2-15)30(28,29)26-9-7-25(8-10-26)13-19(27)24-23-12-14-11-16(21)3-6-18(14)22/h1-6,11-12H,7-10,13H2,(H,24,27)/b23-12-. The van der Waals surface area contributed by atoms with Crippen LogP contribution in [0.15, 0.2) is 61.4 Å². The smallest absolute Gasteiger partial charge is 0.254 e. The molecule has 30 heavy (non-hydrogen) atoms. The summed E-state index contributed by atoms with van der Waals surface area (Å²) in [6.07, 6.45) is 1.24. The summed E-state index contributed by atoms with van der Waals surface area (Å²) >= 11 is 6.54. The number of piperazine rings is 1. The normalized spacial score (nSPS) is 16.1. The molecule has 2 aromatic rings. The molecule has 1 aliphatic rings. The lowest BCUT2D eigenvalue weighted by Gasteiger charge is -2.33. The molecule has 0 atom stereocenters. The van der Waals surface area contributed by atoms with E-state index in [-0.39, 0.29) is 36.0 Å². The van der Waals surface area contributed by atoms with Crippen LogP contribution in [0, 0.1) is 5.82 Å². The highest BCUT2D eigenvalue weighted by atomic mass is 79.9. The van der Waals surface area contributed by atoms with Crippen molar-refractivity contribution in [2.24, 2.45) is 5.10 Å². The fourth-order valence-corrected chi connectivity index (χ4v) is 4.97. The number of amides is 1. The Kier molecular flexibility index (Phi) is 7.75. The first-order valence-electron chi connectivity index (χ1n) is 9.01. The van der Waals surface area contributed by atoms with Gasteiger partial charge in [-0.2, -0.15) is 9.41 Å². The maximum atomic E-state index is 13.7. The Balaban J connectivity index is 1.49. The van der Waals surface area contributed by atoms with Crippen LogP contribution in [0.2, 0.25) is 0 Å². The molecule has 1 aliphatic heterocycles. The summed E-state index contributed by atoms with van der Waals surface area (Å²) in [4.78, 5) is 14.2. The summed E-state index contributed by atoms with van der Waals surface area (Å²) in [5, 5.41) is 3.79. The molecule has 2 aromatic carbocycles. The lowest BCUT2D eigenvalue weighted by atomic mass is 10.2. The third-order valence-corrected chi connectivity index (χ3v) is 7.44. The zero-order valence-corrected chi connectivity index (χ0v) is 19.8. The number of nitrogens with one attached hydrogen (secondary N) is 1. The van der Waals surface area contributed by atoms with E-state index in [1.54, 1.807) is 36.4 Å². The molecule has 1 amide bonds. The summed E-state index contributed by atoms with van der Waals surface area (Å²) in [7, 11) is -3.56. The topological polar surface area (TPSA) is 82.1 Å². The van der Waals surface area contributed by atoms with Crippen LogP contribution < -0.4 is 5.43 Å². The molecule has 0 radical (unpaired) electrons. The number of carbonyl (C=O) groups excluding carboxylic acids is 1. The SMILES string of the molecule is O=C(CN1CCN(S(=O)(=O)c2ccc(Br)cc2)CC1)N/N=C\c1cc(Br)ccc1F. The number of hydrazone groups is 1. The van der Waals surface area contributed by atoms with Crippen LogP contribution in [-0.4, -0.2) is 62.5 Å². The van der Waals surface area contributed by atoms with Crippen LogP contribution in [0.5, 0.6) is 0 Å². The average Bonchev–Trinajstić information content (AvgIpc) is 2.71. The number of sulfonamides is 1. The maximum absolute atomic E-state index is 13.7. The first kappa shape index (κ1) is 23.0. The van der Waals surface area contributed by atoms with Crippen LogP contribution in [-0.2, 0) is 14.8 Å². The summed E-state index contributed by atoms with van der Waals surface area (Å²) in [5.41, 5.74) is 2.61. The molecule has 1 heterocycles. The lowest BCUT2D eigenvalue weighted by molar-refractivity contribution is -0.122. The first-order chi connectivity index (χ1) is 14.3. The molecule has 1 saturated heterocycles. The summed E-state index contributed by atoms with van der Waals surface area (Å²) in [5.74, 6) is -0.801. The van der Waals surface area contributed by atoms with Crippen molar-refractivity contribution in [1.29, 1.82) is 0 Å². The quantitative estimate of drug-likeness (QED) is 0.434. The van der Waals surface area contributed by atoms with E-state index in [1.165, 1.54) is 16.6 Å². The van der Waals surface area contributed by atoms with Crippen molar-refractivity contribution >= 4 is 54.0 Å². The van der Waals surface area contributed by atoms with Crippen molar-refractivity contribution in [2.75, 3.05) is 32.7 Å². The van der Waals surface area contributed by atoms with Gasteiger partial charge in [-0.1, -0.05) is 31.9 Å². The van der Waals surface area contributed by atoms with Gasteiger partial charge >= 0.3 is 0 Å². The van der Waals surface area contributed by atoms with Gasteiger partial charge in [0.05, 0.1) is 17.7 Å². The van der Waals surface area contributed by atoms with Gasteiger partial charge in [-0.25, -0.2) is 18.2 Å². The summed E-state index contributed by atoms with van der Waals surface area (Å²) in [6, 6.07) is 10.9. The molecule has 0 aromatic heterocycles. The molecule has 7 nitrogen and oxygen atoms in total. The van der Waals surface area contributed by atoms with Crippen LogP contribution in [0.1, 0.15) is 5.56 Å². The minimum absolute atomic E-state index is 0.0739. The Morgan fingerprint density at radius 1 is 1.07 bits per heavy atom. The third kappa shape index (κ3) is 5.94. The molecule has 11 heteroatoms. The second-order valence-corrected chi connectivity index (χ2v) is 10.4. The fourth-order valence-electron chi connectivity index (χ4n) is 2.91. The van der Waals surface area contributed by atoms with Gasteiger partial charge in [-0.3, -0.25) is 9.69 Å².